The average molecular weight is 383 g/mol. The molecule has 3 aromatic rings. The highest BCUT2D eigenvalue weighted by molar-refractivity contribution is 7.99. The van der Waals surface area contributed by atoms with Crippen LogP contribution in [0, 0.1) is 6.92 Å². The van der Waals surface area contributed by atoms with E-state index in [0.29, 0.717) is 17.7 Å². The van der Waals surface area contributed by atoms with Gasteiger partial charge in [-0.15, -0.1) is 10.2 Å². The first-order valence-electron chi connectivity index (χ1n) is 8.45. The first-order chi connectivity index (χ1) is 13.0. The molecular weight excluding hydrogens is 362 g/mol. The summed E-state index contributed by atoms with van der Waals surface area (Å²) < 4.78 is 10.9. The van der Waals surface area contributed by atoms with Crippen molar-refractivity contribution in [1.82, 2.24) is 15.1 Å². The first-order valence-corrected chi connectivity index (χ1v) is 9.44. The number of aryl methyl sites for hydroxylation is 1. The van der Waals surface area contributed by atoms with Crippen molar-refractivity contribution >= 4 is 17.7 Å². The summed E-state index contributed by atoms with van der Waals surface area (Å²) >= 11 is 1.24. The highest BCUT2D eigenvalue weighted by Crippen LogP contribution is 2.24. The van der Waals surface area contributed by atoms with E-state index < -0.39 is 0 Å². The molecule has 0 aliphatic rings. The van der Waals surface area contributed by atoms with E-state index in [1.54, 1.807) is 19.1 Å². The van der Waals surface area contributed by atoms with Gasteiger partial charge in [0.15, 0.2) is 0 Å². The molecule has 0 saturated carbocycles. The predicted octanol–water partition coefficient (Wildman–Crippen LogP) is 3.80. The number of nitrogens with zero attached hydrogens (tertiary/aromatic N) is 3. The average Bonchev–Trinajstić information content (AvgIpc) is 3.15. The van der Waals surface area contributed by atoms with Gasteiger partial charge < -0.3 is 14.1 Å². The summed E-state index contributed by atoms with van der Waals surface area (Å²) in [4.78, 5) is 14.0. The number of ether oxygens (including phenoxy) is 1. The third kappa shape index (κ3) is 5.10. The third-order valence-electron chi connectivity index (χ3n) is 3.97. The molecule has 140 valence electrons. The van der Waals surface area contributed by atoms with Gasteiger partial charge in [-0.3, -0.25) is 4.79 Å². The summed E-state index contributed by atoms with van der Waals surface area (Å²) in [5.41, 5.74) is 3.00. The van der Waals surface area contributed by atoms with Crippen LogP contribution >= 0.6 is 11.8 Å². The minimum atomic E-state index is -0.0156. The fraction of sp³-hybridized carbons (Fsp3) is 0.250. The number of hydrogen-bond acceptors (Lipinski definition) is 6. The molecule has 6 nitrogen and oxygen atoms in total. The SMILES string of the molecule is COc1cccc(CN(C)C(=O)CSc2nnc(-c3cccc(C)c3)o2)c1. The van der Waals surface area contributed by atoms with Gasteiger partial charge in [0.2, 0.25) is 11.8 Å². The molecule has 0 saturated heterocycles. The van der Waals surface area contributed by atoms with Crippen LogP contribution in [0.1, 0.15) is 11.1 Å². The minimum Gasteiger partial charge on any atom is -0.497 e. The second-order valence-electron chi connectivity index (χ2n) is 6.13. The normalized spacial score (nSPS) is 10.6. The maximum absolute atomic E-state index is 12.4. The summed E-state index contributed by atoms with van der Waals surface area (Å²) in [6, 6.07) is 15.5. The van der Waals surface area contributed by atoms with E-state index in [0.717, 1.165) is 22.4 Å². The lowest BCUT2D eigenvalue weighted by Gasteiger charge is -2.17. The lowest BCUT2D eigenvalue weighted by molar-refractivity contribution is -0.127. The van der Waals surface area contributed by atoms with Gasteiger partial charge in [-0.2, -0.15) is 0 Å². The maximum Gasteiger partial charge on any atom is 0.277 e. The molecule has 0 spiro atoms. The van der Waals surface area contributed by atoms with E-state index in [-0.39, 0.29) is 11.7 Å². The van der Waals surface area contributed by atoms with Crippen LogP contribution < -0.4 is 4.74 Å². The number of methoxy groups -OCH3 is 1. The van der Waals surface area contributed by atoms with Gasteiger partial charge in [0.25, 0.3) is 5.22 Å². The van der Waals surface area contributed by atoms with E-state index in [4.69, 9.17) is 9.15 Å². The summed E-state index contributed by atoms with van der Waals surface area (Å²) in [6.45, 7) is 2.52. The molecule has 2 aromatic carbocycles. The number of hydrogen-bond donors (Lipinski definition) is 0. The molecule has 0 radical (unpaired) electrons. The van der Waals surface area contributed by atoms with Crippen molar-refractivity contribution in [3.63, 3.8) is 0 Å². The minimum absolute atomic E-state index is 0.0156. The molecule has 1 amide bonds. The molecule has 27 heavy (non-hydrogen) atoms. The van der Waals surface area contributed by atoms with E-state index in [2.05, 4.69) is 10.2 Å². The number of rotatable bonds is 7. The van der Waals surface area contributed by atoms with Crippen LogP contribution in [0.4, 0.5) is 0 Å². The van der Waals surface area contributed by atoms with E-state index in [1.807, 2.05) is 55.5 Å². The number of aromatic nitrogens is 2. The lowest BCUT2D eigenvalue weighted by atomic mass is 10.1. The molecule has 0 unspecified atom stereocenters. The van der Waals surface area contributed by atoms with Crippen molar-refractivity contribution in [2.45, 2.75) is 18.7 Å². The highest BCUT2D eigenvalue weighted by atomic mass is 32.2. The smallest absolute Gasteiger partial charge is 0.277 e. The largest absolute Gasteiger partial charge is 0.497 e. The third-order valence-corrected chi connectivity index (χ3v) is 4.77. The number of benzene rings is 2. The molecule has 3 rings (SSSR count). The molecular formula is C20H21N3O3S. The summed E-state index contributed by atoms with van der Waals surface area (Å²) in [5.74, 6) is 1.45. The van der Waals surface area contributed by atoms with Crippen molar-refractivity contribution in [3.05, 3.63) is 59.7 Å². The van der Waals surface area contributed by atoms with Crippen molar-refractivity contribution < 1.29 is 13.9 Å². The Hall–Kier alpha value is -2.80. The van der Waals surface area contributed by atoms with Gasteiger partial charge in [-0.05, 0) is 36.8 Å². The molecule has 0 aliphatic carbocycles. The quantitative estimate of drug-likeness (QED) is 0.578. The monoisotopic (exact) mass is 383 g/mol. The number of thioether (sulfide) groups is 1. The zero-order chi connectivity index (χ0) is 19.2. The van der Waals surface area contributed by atoms with Crippen molar-refractivity contribution in [3.8, 4) is 17.2 Å². The van der Waals surface area contributed by atoms with E-state index in [1.165, 1.54) is 11.8 Å². The predicted molar refractivity (Wildman–Crippen MR) is 105 cm³/mol. The summed E-state index contributed by atoms with van der Waals surface area (Å²) in [6.07, 6.45) is 0. The standard InChI is InChI=1S/C20H21N3O3S/c1-14-6-4-8-16(10-14)19-21-22-20(26-19)27-13-18(24)23(2)12-15-7-5-9-17(11-15)25-3/h4-11H,12-13H2,1-3H3. The lowest BCUT2D eigenvalue weighted by Crippen LogP contribution is -2.27. The van der Waals surface area contributed by atoms with E-state index >= 15 is 0 Å². The molecule has 0 N–H and O–H groups in total. The molecule has 7 heteroatoms. The number of carbonyl (C=O) groups is 1. The second kappa shape index (κ2) is 8.73. The molecule has 1 aromatic heterocycles. The van der Waals surface area contributed by atoms with Crippen molar-refractivity contribution in [2.75, 3.05) is 19.9 Å². The second-order valence-corrected chi connectivity index (χ2v) is 7.06. The van der Waals surface area contributed by atoms with E-state index in [9.17, 15) is 4.79 Å². The fourth-order valence-corrected chi connectivity index (χ4v) is 3.23. The van der Waals surface area contributed by atoms with Crippen molar-refractivity contribution in [2.24, 2.45) is 0 Å². The topological polar surface area (TPSA) is 68.5 Å². The first kappa shape index (κ1) is 19.0. The van der Waals surface area contributed by atoms with Gasteiger partial charge in [0, 0.05) is 19.2 Å². The molecule has 0 fully saturated rings. The van der Waals surface area contributed by atoms with Crippen LogP contribution in [0.5, 0.6) is 5.75 Å². The van der Waals surface area contributed by atoms with Crippen molar-refractivity contribution in [1.29, 1.82) is 0 Å². The fourth-order valence-electron chi connectivity index (χ4n) is 2.53. The van der Waals surface area contributed by atoms with Crippen LogP contribution in [-0.4, -0.2) is 40.9 Å². The zero-order valence-electron chi connectivity index (χ0n) is 15.5. The Labute approximate surface area is 162 Å². The van der Waals surface area contributed by atoms with Gasteiger partial charge in [0.1, 0.15) is 5.75 Å². The molecule has 0 bridgehead atoms. The highest BCUT2D eigenvalue weighted by Gasteiger charge is 2.14. The number of carbonyl (C=O) groups excluding carboxylic acids is 1. The maximum atomic E-state index is 12.4. The summed E-state index contributed by atoms with van der Waals surface area (Å²) in [7, 11) is 3.40. The van der Waals surface area contributed by atoms with Crippen LogP contribution in [0.25, 0.3) is 11.5 Å². The number of amides is 1. The van der Waals surface area contributed by atoms with Gasteiger partial charge in [-0.25, -0.2) is 0 Å². The zero-order valence-corrected chi connectivity index (χ0v) is 16.3. The Morgan fingerprint density at radius 3 is 2.78 bits per heavy atom. The molecule has 0 aliphatic heterocycles. The van der Waals surface area contributed by atoms with Gasteiger partial charge in [-0.1, -0.05) is 41.6 Å². The van der Waals surface area contributed by atoms with Gasteiger partial charge >= 0.3 is 0 Å². The van der Waals surface area contributed by atoms with Crippen LogP contribution in [0.3, 0.4) is 0 Å². The van der Waals surface area contributed by atoms with Gasteiger partial charge in [0.05, 0.1) is 12.9 Å². The Morgan fingerprint density at radius 2 is 2.00 bits per heavy atom. The molecule has 1 heterocycles. The van der Waals surface area contributed by atoms with Crippen LogP contribution in [0.2, 0.25) is 0 Å². The Kier molecular flexibility index (Phi) is 6.13. The van der Waals surface area contributed by atoms with Crippen LogP contribution in [0.15, 0.2) is 58.2 Å². The Balaban J connectivity index is 1.55. The van der Waals surface area contributed by atoms with Crippen LogP contribution in [-0.2, 0) is 11.3 Å². The Morgan fingerprint density at radius 1 is 1.19 bits per heavy atom. The summed E-state index contributed by atoms with van der Waals surface area (Å²) in [5, 5.41) is 8.46. The Bertz CT molecular complexity index is 926. The molecule has 0 atom stereocenters.